The lowest BCUT2D eigenvalue weighted by atomic mass is 10.5. The van der Waals surface area contributed by atoms with Crippen molar-refractivity contribution in [3.8, 4) is 11.6 Å². The van der Waals surface area contributed by atoms with Crippen LogP contribution in [0.3, 0.4) is 0 Å². The van der Waals surface area contributed by atoms with E-state index < -0.39 is 0 Å². The van der Waals surface area contributed by atoms with Crippen molar-refractivity contribution in [3.63, 3.8) is 0 Å². The molecule has 0 amide bonds. The molecule has 13 heavy (non-hydrogen) atoms. The molecule has 6 heteroatoms. The zero-order chi connectivity index (χ0) is 9.10. The van der Waals surface area contributed by atoms with Crippen LogP contribution in [0, 0.1) is 0 Å². The summed E-state index contributed by atoms with van der Waals surface area (Å²) in [4.78, 5) is 4.06. The van der Waals surface area contributed by atoms with Gasteiger partial charge in [-0.25, -0.2) is 4.98 Å². The van der Waals surface area contributed by atoms with Crippen molar-refractivity contribution in [3.05, 3.63) is 16.8 Å². The number of rotatable bonds is 3. The minimum Gasteiger partial charge on any atom is -0.418 e. The molecule has 0 saturated heterocycles. The van der Waals surface area contributed by atoms with Crippen LogP contribution in [-0.4, -0.2) is 22.2 Å². The lowest BCUT2D eigenvalue weighted by Crippen LogP contribution is -2.04. The Morgan fingerprint density at radius 1 is 1.54 bits per heavy atom. The molecule has 0 bridgehead atoms. The van der Waals surface area contributed by atoms with Gasteiger partial charge < -0.3 is 9.73 Å². The van der Waals surface area contributed by atoms with Gasteiger partial charge in [-0.3, -0.25) is 0 Å². The molecule has 2 rings (SSSR count). The second kappa shape index (κ2) is 3.63. The van der Waals surface area contributed by atoms with Gasteiger partial charge in [0.1, 0.15) is 5.69 Å². The minimum atomic E-state index is 0.478. The standard InChI is InChI=1S/C7H8N4OS/c1-8-2-6-10-11-7(12-6)5-3-13-4-9-5/h3-4,8H,2H2,1H3. The molecule has 2 heterocycles. The summed E-state index contributed by atoms with van der Waals surface area (Å²) >= 11 is 1.50. The second-order valence-corrected chi connectivity index (χ2v) is 3.12. The quantitative estimate of drug-likeness (QED) is 0.790. The van der Waals surface area contributed by atoms with Gasteiger partial charge >= 0.3 is 0 Å². The van der Waals surface area contributed by atoms with Gasteiger partial charge in [0.25, 0.3) is 5.89 Å². The maximum Gasteiger partial charge on any atom is 0.267 e. The molecule has 0 unspecified atom stereocenters. The average molecular weight is 196 g/mol. The van der Waals surface area contributed by atoms with Crippen molar-refractivity contribution in [2.75, 3.05) is 7.05 Å². The fourth-order valence-corrected chi connectivity index (χ4v) is 1.42. The highest BCUT2D eigenvalue weighted by Crippen LogP contribution is 2.16. The molecular weight excluding hydrogens is 188 g/mol. The zero-order valence-electron chi connectivity index (χ0n) is 7.02. The number of nitrogens with zero attached hydrogens (tertiary/aromatic N) is 3. The lowest BCUT2D eigenvalue weighted by Gasteiger charge is -1.88. The molecule has 0 atom stereocenters. The Morgan fingerprint density at radius 3 is 3.15 bits per heavy atom. The predicted molar refractivity (Wildman–Crippen MR) is 48.2 cm³/mol. The molecular formula is C7H8N4OS. The molecule has 2 aromatic rings. The van der Waals surface area contributed by atoms with E-state index >= 15 is 0 Å². The van der Waals surface area contributed by atoms with E-state index in [9.17, 15) is 0 Å². The smallest absolute Gasteiger partial charge is 0.267 e. The molecule has 68 valence electrons. The van der Waals surface area contributed by atoms with Gasteiger partial charge in [0.15, 0.2) is 0 Å². The third-order valence-corrected chi connectivity index (χ3v) is 2.03. The Kier molecular flexibility index (Phi) is 2.33. The highest BCUT2D eigenvalue weighted by molar-refractivity contribution is 7.07. The highest BCUT2D eigenvalue weighted by atomic mass is 32.1. The third-order valence-electron chi connectivity index (χ3n) is 1.45. The summed E-state index contributed by atoms with van der Waals surface area (Å²) in [6.45, 7) is 0.580. The van der Waals surface area contributed by atoms with Gasteiger partial charge in [0.2, 0.25) is 5.89 Å². The van der Waals surface area contributed by atoms with Crippen molar-refractivity contribution in [2.24, 2.45) is 0 Å². The van der Waals surface area contributed by atoms with Crippen LogP contribution in [0.25, 0.3) is 11.6 Å². The van der Waals surface area contributed by atoms with Gasteiger partial charge in [-0.2, -0.15) is 0 Å². The topological polar surface area (TPSA) is 63.8 Å². The zero-order valence-corrected chi connectivity index (χ0v) is 7.84. The Labute approximate surface area is 78.8 Å². The lowest BCUT2D eigenvalue weighted by molar-refractivity contribution is 0.489. The van der Waals surface area contributed by atoms with Crippen LogP contribution in [0.5, 0.6) is 0 Å². The fraction of sp³-hybridized carbons (Fsp3) is 0.286. The van der Waals surface area contributed by atoms with Gasteiger partial charge in [0.05, 0.1) is 12.1 Å². The normalized spacial score (nSPS) is 10.5. The molecule has 0 aliphatic rings. The summed E-state index contributed by atoms with van der Waals surface area (Å²) in [7, 11) is 1.83. The summed E-state index contributed by atoms with van der Waals surface area (Å²) in [5.41, 5.74) is 2.47. The van der Waals surface area contributed by atoms with Gasteiger partial charge in [-0.1, -0.05) is 0 Å². The Morgan fingerprint density at radius 2 is 2.46 bits per heavy atom. The predicted octanol–water partition coefficient (Wildman–Crippen LogP) is 0.912. The summed E-state index contributed by atoms with van der Waals surface area (Å²) in [6, 6.07) is 0. The van der Waals surface area contributed by atoms with E-state index in [0.717, 1.165) is 5.69 Å². The number of nitrogens with one attached hydrogen (secondary N) is 1. The molecule has 0 saturated carbocycles. The van der Waals surface area contributed by atoms with Crippen molar-refractivity contribution in [2.45, 2.75) is 6.54 Å². The van der Waals surface area contributed by atoms with Crippen LogP contribution in [0.4, 0.5) is 0 Å². The fourth-order valence-electron chi connectivity index (χ4n) is 0.898. The highest BCUT2D eigenvalue weighted by Gasteiger charge is 2.08. The van der Waals surface area contributed by atoms with Crippen LogP contribution >= 0.6 is 11.3 Å². The largest absolute Gasteiger partial charge is 0.418 e. The van der Waals surface area contributed by atoms with E-state index in [1.54, 1.807) is 5.51 Å². The molecule has 0 aliphatic heterocycles. The van der Waals surface area contributed by atoms with Crippen LogP contribution in [-0.2, 0) is 6.54 Å². The molecule has 0 aliphatic carbocycles. The molecule has 0 spiro atoms. The second-order valence-electron chi connectivity index (χ2n) is 2.40. The van der Waals surface area contributed by atoms with Crippen molar-refractivity contribution < 1.29 is 4.42 Å². The summed E-state index contributed by atoms with van der Waals surface area (Å²) < 4.78 is 5.33. The van der Waals surface area contributed by atoms with Gasteiger partial charge in [0, 0.05) is 5.38 Å². The average Bonchev–Trinajstić information content (AvgIpc) is 2.70. The first-order chi connectivity index (χ1) is 6.40. The molecule has 1 N–H and O–H groups in total. The third kappa shape index (κ3) is 1.73. The number of hydrogen-bond acceptors (Lipinski definition) is 6. The van der Waals surface area contributed by atoms with Crippen molar-refractivity contribution in [1.29, 1.82) is 0 Å². The van der Waals surface area contributed by atoms with E-state index in [0.29, 0.717) is 18.3 Å². The van der Waals surface area contributed by atoms with Gasteiger partial charge in [-0.05, 0) is 7.05 Å². The van der Waals surface area contributed by atoms with E-state index in [2.05, 4.69) is 20.5 Å². The van der Waals surface area contributed by atoms with Crippen LogP contribution in [0.2, 0.25) is 0 Å². The van der Waals surface area contributed by atoms with E-state index in [-0.39, 0.29) is 0 Å². The molecule has 5 nitrogen and oxygen atoms in total. The minimum absolute atomic E-state index is 0.478. The van der Waals surface area contributed by atoms with E-state index in [1.807, 2.05) is 12.4 Å². The number of thiazole rings is 1. The van der Waals surface area contributed by atoms with Crippen LogP contribution in [0.15, 0.2) is 15.3 Å². The first kappa shape index (κ1) is 8.33. The monoisotopic (exact) mass is 196 g/mol. The Bertz CT molecular complexity index is 370. The van der Waals surface area contributed by atoms with Crippen molar-refractivity contribution >= 4 is 11.3 Å². The van der Waals surface area contributed by atoms with Crippen LogP contribution < -0.4 is 5.32 Å². The van der Waals surface area contributed by atoms with Crippen LogP contribution in [0.1, 0.15) is 5.89 Å². The molecule has 0 radical (unpaired) electrons. The van der Waals surface area contributed by atoms with Gasteiger partial charge in [-0.15, -0.1) is 21.5 Å². The Balaban J connectivity index is 2.23. The number of hydrogen-bond donors (Lipinski definition) is 1. The summed E-state index contributed by atoms with van der Waals surface area (Å²) in [6.07, 6.45) is 0. The van der Waals surface area contributed by atoms with E-state index in [4.69, 9.17) is 4.42 Å². The maximum atomic E-state index is 5.33. The van der Waals surface area contributed by atoms with E-state index in [1.165, 1.54) is 11.3 Å². The molecule has 2 aromatic heterocycles. The first-order valence-corrected chi connectivity index (χ1v) is 4.70. The molecule has 0 aromatic carbocycles. The summed E-state index contributed by atoms with van der Waals surface area (Å²) in [5, 5.41) is 12.5. The SMILES string of the molecule is CNCc1nnc(-c2cscn2)o1. The number of aromatic nitrogens is 3. The Hall–Kier alpha value is -1.27. The maximum absolute atomic E-state index is 5.33. The molecule has 0 fully saturated rings. The summed E-state index contributed by atoms with van der Waals surface area (Å²) in [5.74, 6) is 1.05. The van der Waals surface area contributed by atoms with Crippen molar-refractivity contribution in [1.82, 2.24) is 20.5 Å². The first-order valence-electron chi connectivity index (χ1n) is 3.75.